The predicted molar refractivity (Wildman–Crippen MR) is 79.6 cm³/mol. The summed E-state index contributed by atoms with van der Waals surface area (Å²) in [6.07, 6.45) is 1.84. The van der Waals surface area contributed by atoms with Gasteiger partial charge in [0.15, 0.2) is 0 Å². The summed E-state index contributed by atoms with van der Waals surface area (Å²) in [5, 5.41) is 33.7. The first-order valence-electron chi connectivity index (χ1n) is 7.14. The van der Waals surface area contributed by atoms with Crippen molar-refractivity contribution in [3.63, 3.8) is 0 Å². The topological polar surface area (TPSA) is 109 Å². The van der Waals surface area contributed by atoms with Gasteiger partial charge >= 0.3 is 5.97 Å². The number of nitrogens with zero attached hydrogens (tertiary/aromatic N) is 3. The molecule has 0 aliphatic heterocycles. The van der Waals surface area contributed by atoms with E-state index in [-0.39, 0.29) is 18.3 Å². The van der Waals surface area contributed by atoms with Gasteiger partial charge in [-0.1, -0.05) is 27.7 Å². The van der Waals surface area contributed by atoms with Crippen molar-refractivity contribution in [3.05, 3.63) is 0 Å². The zero-order valence-corrected chi connectivity index (χ0v) is 13.3. The Labute approximate surface area is 127 Å². The summed E-state index contributed by atoms with van der Waals surface area (Å²) in [7, 11) is 0. The van der Waals surface area contributed by atoms with Gasteiger partial charge in [0.1, 0.15) is 0 Å². The van der Waals surface area contributed by atoms with Gasteiger partial charge in [0, 0.05) is 0 Å². The van der Waals surface area contributed by atoms with Crippen molar-refractivity contribution < 1.29 is 9.90 Å². The van der Waals surface area contributed by atoms with E-state index in [1.165, 1.54) is 0 Å². The summed E-state index contributed by atoms with van der Waals surface area (Å²) < 4.78 is 0. The first-order valence-corrected chi connectivity index (χ1v) is 7.14. The molecule has 0 aliphatic carbocycles. The van der Waals surface area contributed by atoms with E-state index in [0.717, 1.165) is 6.42 Å². The number of hydrogen-bond donors (Lipinski definition) is 1. The molecule has 5 nitrogen and oxygen atoms in total. The number of hydrogen-bond acceptors (Lipinski definition) is 4. The Morgan fingerprint density at radius 1 is 0.952 bits per heavy atom. The first-order chi connectivity index (χ1) is 9.76. The third kappa shape index (κ3) is 15.9. The summed E-state index contributed by atoms with van der Waals surface area (Å²) in [4.78, 5) is 10.2. The SMILES string of the molecule is CC(C)C[C@@H](C#N)CC#N.CC(C)C[C@H](C#N)CC(=O)O. The zero-order valence-electron chi connectivity index (χ0n) is 13.3. The number of carboxylic acids is 1. The maximum absolute atomic E-state index is 10.2. The minimum Gasteiger partial charge on any atom is -0.481 e. The van der Waals surface area contributed by atoms with Gasteiger partial charge in [0.2, 0.25) is 0 Å². The van der Waals surface area contributed by atoms with E-state index in [0.29, 0.717) is 24.7 Å². The summed E-state index contributed by atoms with van der Waals surface area (Å²) in [6.45, 7) is 8.07. The largest absolute Gasteiger partial charge is 0.481 e. The zero-order chi connectivity index (χ0) is 16.8. The molecule has 1 N–H and O–H groups in total. The number of carbonyl (C=O) groups is 1. The maximum atomic E-state index is 10.2. The van der Waals surface area contributed by atoms with Crippen molar-refractivity contribution >= 4 is 5.97 Å². The van der Waals surface area contributed by atoms with Gasteiger partial charge in [0.05, 0.1) is 42.9 Å². The van der Waals surface area contributed by atoms with E-state index >= 15 is 0 Å². The second kappa shape index (κ2) is 12.9. The van der Waals surface area contributed by atoms with Crippen molar-refractivity contribution in [2.75, 3.05) is 0 Å². The molecule has 0 heterocycles. The Bertz CT molecular complexity index is 411. The van der Waals surface area contributed by atoms with Crippen molar-refractivity contribution in [2.45, 2.75) is 53.4 Å². The monoisotopic (exact) mass is 291 g/mol. The lowest BCUT2D eigenvalue weighted by Crippen LogP contribution is -2.08. The van der Waals surface area contributed by atoms with Gasteiger partial charge in [-0.3, -0.25) is 4.79 Å². The molecular formula is C16H25N3O2. The molecule has 0 rings (SSSR count). The fourth-order valence-corrected chi connectivity index (χ4v) is 1.82. The van der Waals surface area contributed by atoms with Crippen LogP contribution in [0.15, 0.2) is 0 Å². The Balaban J connectivity index is 0. The fourth-order valence-electron chi connectivity index (χ4n) is 1.82. The highest BCUT2D eigenvalue weighted by atomic mass is 16.4. The van der Waals surface area contributed by atoms with Crippen LogP contribution in [0, 0.1) is 57.7 Å². The number of carboxylic acid groups (broad SMARTS) is 1. The Kier molecular flexibility index (Phi) is 13.1. The predicted octanol–water partition coefficient (Wildman–Crippen LogP) is 3.73. The molecule has 0 unspecified atom stereocenters. The highest BCUT2D eigenvalue weighted by molar-refractivity contribution is 5.67. The van der Waals surface area contributed by atoms with Crippen LogP contribution in [0.1, 0.15) is 53.4 Å². The molecule has 0 radical (unpaired) electrons. The van der Waals surface area contributed by atoms with Crippen LogP contribution in [-0.2, 0) is 4.79 Å². The molecule has 0 aromatic heterocycles. The molecule has 0 aromatic rings. The molecule has 116 valence electrons. The second-order valence-electron chi connectivity index (χ2n) is 5.87. The molecule has 0 saturated carbocycles. The van der Waals surface area contributed by atoms with E-state index in [1.54, 1.807) is 0 Å². The highest BCUT2D eigenvalue weighted by Crippen LogP contribution is 2.14. The molecule has 0 fully saturated rings. The van der Waals surface area contributed by atoms with Crippen LogP contribution in [0.3, 0.4) is 0 Å². The van der Waals surface area contributed by atoms with E-state index in [9.17, 15) is 4.79 Å². The molecule has 0 saturated heterocycles. The van der Waals surface area contributed by atoms with Crippen LogP contribution >= 0.6 is 0 Å². The normalized spacial score (nSPS) is 12.3. The number of aliphatic carboxylic acids is 1. The molecule has 0 amide bonds. The van der Waals surface area contributed by atoms with Gasteiger partial charge < -0.3 is 5.11 Å². The van der Waals surface area contributed by atoms with E-state index in [4.69, 9.17) is 20.9 Å². The lowest BCUT2D eigenvalue weighted by Gasteiger charge is -2.07. The highest BCUT2D eigenvalue weighted by Gasteiger charge is 2.13. The van der Waals surface area contributed by atoms with Crippen molar-refractivity contribution in [3.8, 4) is 18.2 Å². The van der Waals surface area contributed by atoms with Crippen LogP contribution in [0.2, 0.25) is 0 Å². The molecule has 0 bridgehead atoms. The first kappa shape index (κ1) is 21.2. The van der Waals surface area contributed by atoms with Gasteiger partial charge in [0.25, 0.3) is 0 Å². The van der Waals surface area contributed by atoms with E-state index in [1.807, 2.05) is 26.0 Å². The van der Waals surface area contributed by atoms with E-state index in [2.05, 4.69) is 19.9 Å². The third-order valence-corrected chi connectivity index (χ3v) is 2.64. The second-order valence-corrected chi connectivity index (χ2v) is 5.87. The van der Waals surface area contributed by atoms with Crippen LogP contribution in [0.4, 0.5) is 0 Å². The molecule has 0 spiro atoms. The van der Waals surface area contributed by atoms with E-state index < -0.39 is 5.97 Å². The van der Waals surface area contributed by atoms with Crippen molar-refractivity contribution in [1.29, 1.82) is 15.8 Å². The van der Waals surface area contributed by atoms with Crippen LogP contribution in [0.5, 0.6) is 0 Å². The molecule has 0 aliphatic rings. The smallest absolute Gasteiger partial charge is 0.304 e. The lowest BCUT2D eigenvalue weighted by molar-refractivity contribution is -0.137. The summed E-state index contributed by atoms with van der Waals surface area (Å²) in [5.41, 5.74) is 0. The summed E-state index contributed by atoms with van der Waals surface area (Å²) in [6, 6.07) is 6.10. The van der Waals surface area contributed by atoms with Crippen LogP contribution in [-0.4, -0.2) is 11.1 Å². The number of rotatable bonds is 7. The fraction of sp³-hybridized carbons (Fsp3) is 0.750. The lowest BCUT2D eigenvalue weighted by atomic mass is 9.96. The molecule has 2 atom stereocenters. The quantitative estimate of drug-likeness (QED) is 0.768. The van der Waals surface area contributed by atoms with Gasteiger partial charge in [-0.25, -0.2) is 0 Å². The Hall–Kier alpha value is -2.06. The summed E-state index contributed by atoms with van der Waals surface area (Å²) >= 11 is 0. The average molecular weight is 291 g/mol. The van der Waals surface area contributed by atoms with Gasteiger partial charge in [-0.15, -0.1) is 0 Å². The Morgan fingerprint density at radius 3 is 1.67 bits per heavy atom. The minimum atomic E-state index is -0.891. The van der Waals surface area contributed by atoms with Crippen molar-refractivity contribution in [2.24, 2.45) is 23.7 Å². The molecular weight excluding hydrogens is 266 g/mol. The maximum Gasteiger partial charge on any atom is 0.304 e. The third-order valence-electron chi connectivity index (χ3n) is 2.64. The average Bonchev–Trinajstić information content (AvgIpc) is 2.36. The summed E-state index contributed by atoms with van der Waals surface area (Å²) in [5.74, 6) is -0.383. The molecule has 5 heteroatoms. The van der Waals surface area contributed by atoms with Crippen LogP contribution < -0.4 is 0 Å². The minimum absolute atomic E-state index is 0.0331. The Morgan fingerprint density at radius 2 is 1.38 bits per heavy atom. The standard InChI is InChI=1S/C8H12N2.C8H13NO2/c1-7(2)5-8(6-10)3-4-9;1-6(2)3-7(5-9)4-8(10)11/h7-8H,3,5H2,1-2H3;6-7H,3-4H2,1-2H3,(H,10,11)/t8-;7-/m00/s1. The number of nitriles is 3. The van der Waals surface area contributed by atoms with Crippen LogP contribution in [0.25, 0.3) is 0 Å². The van der Waals surface area contributed by atoms with Gasteiger partial charge in [-0.2, -0.15) is 15.8 Å². The van der Waals surface area contributed by atoms with Gasteiger partial charge in [-0.05, 0) is 24.7 Å². The van der Waals surface area contributed by atoms with Crippen molar-refractivity contribution in [1.82, 2.24) is 0 Å². The molecule has 21 heavy (non-hydrogen) atoms. The molecule has 0 aromatic carbocycles.